The summed E-state index contributed by atoms with van der Waals surface area (Å²) in [6, 6.07) is 6.72. The van der Waals surface area contributed by atoms with E-state index in [1.807, 2.05) is 11.9 Å². The molecule has 1 aromatic rings. The molecule has 0 bridgehead atoms. The number of benzene rings is 1. The summed E-state index contributed by atoms with van der Waals surface area (Å²) < 4.78 is 13.7. The van der Waals surface area contributed by atoms with E-state index in [-0.39, 0.29) is 48.2 Å². The van der Waals surface area contributed by atoms with Gasteiger partial charge in [-0.1, -0.05) is 18.2 Å². The number of hydrogen-bond donors (Lipinski definition) is 2. The Balaban J connectivity index is 1.40. The highest BCUT2D eigenvalue weighted by Crippen LogP contribution is 2.36. The average Bonchev–Trinajstić information content (AvgIpc) is 3.15. The molecule has 140 valence electrons. The smallest absolute Gasteiger partial charge is 0.241 e. The number of piperazine rings is 1. The summed E-state index contributed by atoms with van der Waals surface area (Å²) in [5, 5.41) is 4.99. The van der Waals surface area contributed by atoms with Gasteiger partial charge in [0.2, 0.25) is 11.8 Å². The molecule has 0 radical (unpaired) electrons. The highest BCUT2D eigenvalue weighted by molar-refractivity contribution is 5.84. The molecule has 2 saturated heterocycles. The molecule has 3 aliphatic rings. The second kappa shape index (κ2) is 6.96. The van der Waals surface area contributed by atoms with Gasteiger partial charge in [0, 0.05) is 43.7 Å². The maximum atomic E-state index is 13.7. The normalized spacial score (nSPS) is 31.5. The molecule has 1 aromatic carbocycles. The number of rotatable bonds is 3. The van der Waals surface area contributed by atoms with Crippen LogP contribution >= 0.6 is 0 Å². The molecule has 7 heteroatoms. The fourth-order valence-corrected chi connectivity index (χ4v) is 4.65. The summed E-state index contributed by atoms with van der Waals surface area (Å²) in [6.45, 7) is 1.03. The van der Waals surface area contributed by atoms with E-state index in [2.05, 4.69) is 15.8 Å². The van der Waals surface area contributed by atoms with Crippen LogP contribution in [0.2, 0.25) is 0 Å². The van der Waals surface area contributed by atoms with Gasteiger partial charge in [0.05, 0.1) is 0 Å². The van der Waals surface area contributed by atoms with Crippen LogP contribution < -0.4 is 10.7 Å². The number of nitrogens with zero attached hydrogens (tertiary/aromatic N) is 2. The second-order valence-electron chi connectivity index (χ2n) is 7.52. The number of likely N-dealkylation sites (N-methyl/N-ethyl adjacent to an activating group) is 1. The molecule has 1 saturated carbocycles. The van der Waals surface area contributed by atoms with Crippen molar-refractivity contribution in [1.29, 1.82) is 0 Å². The van der Waals surface area contributed by atoms with E-state index in [1.165, 1.54) is 6.07 Å². The summed E-state index contributed by atoms with van der Waals surface area (Å²) >= 11 is 0. The van der Waals surface area contributed by atoms with Crippen LogP contribution in [0.1, 0.15) is 31.2 Å². The van der Waals surface area contributed by atoms with E-state index in [1.54, 1.807) is 18.2 Å². The number of hydrogen-bond acceptors (Lipinski definition) is 4. The van der Waals surface area contributed by atoms with Crippen molar-refractivity contribution in [3.63, 3.8) is 0 Å². The third kappa shape index (κ3) is 2.99. The third-order valence-corrected chi connectivity index (χ3v) is 6.10. The van der Waals surface area contributed by atoms with Crippen LogP contribution in [0.15, 0.2) is 24.3 Å². The molecule has 1 aliphatic carbocycles. The van der Waals surface area contributed by atoms with Crippen molar-refractivity contribution in [2.45, 2.75) is 50.4 Å². The van der Waals surface area contributed by atoms with Crippen LogP contribution in [0.5, 0.6) is 0 Å². The lowest BCUT2D eigenvalue weighted by Gasteiger charge is -2.50. The van der Waals surface area contributed by atoms with Crippen LogP contribution in [-0.2, 0) is 16.1 Å². The highest BCUT2D eigenvalue weighted by Gasteiger charge is 2.50. The molecule has 4 rings (SSSR count). The first-order valence-electron chi connectivity index (χ1n) is 9.36. The van der Waals surface area contributed by atoms with Crippen molar-refractivity contribution < 1.29 is 14.0 Å². The Morgan fingerprint density at radius 2 is 2.08 bits per heavy atom. The van der Waals surface area contributed by atoms with E-state index in [4.69, 9.17) is 0 Å². The van der Waals surface area contributed by atoms with Gasteiger partial charge in [-0.2, -0.15) is 0 Å². The molecule has 26 heavy (non-hydrogen) atoms. The Morgan fingerprint density at radius 1 is 1.27 bits per heavy atom. The summed E-state index contributed by atoms with van der Waals surface area (Å²) in [4.78, 5) is 27.0. The standard InChI is InChI=1S/C19H25FN4O2/c1-23-17-10-12(18(25)21-11-13-4-2-3-5-14(13)20)6-7-15(17)24-16(19(23)26)8-9-22-24/h2-5,12,15-17,22H,6-11H2,1H3,(H,21,25). The Bertz CT molecular complexity index is 713. The van der Waals surface area contributed by atoms with Gasteiger partial charge in [-0.3, -0.25) is 15.0 Å². The Labute approximate surface area is 152 Å². The molecule has 6 nitrogen and oxygen atoms in total. The quantitative estimate of drug-likeness (QED) is 0.845. The van der Waals surface area contributed by atoms with Crippen molar-refractivity contribution >= 4 is 11.8 Å². The predicted molar refractivity (Wildman–Crippen MR) is 94.2 cm³/mol. The summed E-state index contributed by atoms with van der Waals surface area (Å²) in [6.07, 6.45) is 3.17. The van der Waals surface area contributed by atoms with Crippen LogP contribution in [0.4, 0.5) is 4.39 Å². The third-order valence-electron chi connectivity index (χ3n) is 6.10. The SMILES string of the molecule is CN1C(=O)C2CCNN2C2CCC(C(=O)NCc3ccccc3F)CC21. The van der Waals surface area contributed by atoms with Crippen molar-refractivity contribution in [1.82, 2.24) is 20.7 Å². The molecule has 4 atom stereocenters. The minimum atomic E-state index is -0.305. The Hall–Kier alpha value is -1.99. The lowest BCUT2D eigenvalue weighted by Crippen LogP contribution is -2.67. The molecular weight excluding hydrogens is 335 g/mol. The van der Waals surface area contributed by atoms with Crippen molar-refractivity contribution in [2.75, 3.05) is 13.6 Å². The zero-order valence-corrected chi connectivity index (χ0v) is 15.0. The first-order valence-corrected chi connectivity index (χ1v) is 9.36. The average molecular weight is 360 g/mol. The van der Waals surface area contributed by atoms with Gasteiger partial charge in [0.25, 0.3) is 0 Å². The molecular formula is C19H25FN4O2. The molecule has 3 fully saturated rings. The fourth-order valence-electron chi connectivity index (χ4n) is 4.65. The van der Waals surface area contributed by atoms with E-state index in [0.29, 0.717) is 12.0 Å². The van der Waals surface area contributed by atoms with Crippen LogP contribution in [-0.4, -0.2) is 53.4 Å². The second-order valence-corrected chi connectivity index (χ2v) is 7.52. The molecule has 4 unspecified atom stereocenters. The topological polar surface area (TPSA) is 64.7 Å². The molecule has 2 heterocycles. The van der Waals surface area contributed by atoms with Gasteiger partial charge >= 0.3 is 0 Å². The minimum absolute atomic E-state index is 0.0438. The van der Waals surface area contributed by atoms with Gasteiger partial charge < -0.3 is 10.2 Å². The lowest BCUT2D eigenvalue weighted by molar-refractivity contribution is -0.153. The van der Waals surface area contributed by atoms with Gasteiger partial charge in [-0.25, -0.2) is 9.40 Å². The van der Waals surface area contributed by atoms with Crippen molar-refractivity contribution in [2.24, 2.45) is 5.92 Å². The van der Waals surface area contributed by atoms with Gasteiger partial charge in [0.1, 0.15) is 11.9 Å². The summed E-state index contributed by atoms with van der Waals surface area (Å²) in [5.74, 6) is -0.356. The first kappa shape index (κ1) is 17.4. The molecule has 2 aliphatic heterocycles. The summed E-state index contributed by atoms with van der Waals surface area (Å²) in [7, 11) is 1.86. The highest BCUT2D eigenvalue weighted by atomic mass is 19.1. The number of fused-ring (bicyclic) bond motifs is 3. The molecule has 2 amide bonds. The lowest BCUT2D eigenvalue weighted by atomic mass is 9.79. The van der Waals surface area contributed by atoms with Gasteiger partial charge in [0.15, 0.2) is 0 Å². The summed E-state index contributed by atoms with van der Waals surface area (Å²) in [5.41, 5.74) is 3.84. The zero-order chi connectivity index (χ0) is 18.3. The monoisotopic (exact) mass is 360 g/mol. The maximum Gasteiger partial charge on any atom is 0.241 e. The molecule has 0 aromatic heterocycles. The van der Waals surface area contributed by atoms with E-state index in [9.17, 15) is 14.0 Å². The number of amides is 2. The molecule has 2 N–H and O–H groups in total. The van der Waals surface area contributed by atoms with Crippen LogP contribution in [0, 0.1) is 11.7 Å². The zero-order valence-electron chi connectivity index (χ0n) is 15.0. The Morgan fingerprint density at radius 3 is 2.88 bits per heavy atom. The number of halogens is 1. The number of carbonyl (C=O) groups excluding carboxylic acids is 2. The molecule has 0 spiro atoms. The minimum Gasteiger partial charge on any atom is -0.352 e. The van der Waals surface area contributed by atoms with E-state index >= 15 is 0 Å². The number of nitrogens with one attached hydrogen (secondary N) is 2. The van der Waals surface area contributed by atoms with Gasteiger partial charge in [-0.15, -0.1) is 0 Å². The van der Waals surface area contributed by atoms with E-state index < -0.39 is 0 Å². The largest absolute Gasteiger partial charge is 0.352 e. The Kier molecular flexibility index (Phi) is 4.67. The van der Waals surface area contributed by atoms with Crippen molar-refractivity contribution in [3.8, 4) is 0 Å². The van der Waals surface area contributed by atoms with Crippen LogP contribution in [0.3, 0.4) is 0 Å². The van der Waals surface area contributed by atoms with Gasteiger partial charge in [-0.05, 0) is 31.7 Å². The fraction of sp³-hybridized carbons (Fsp3) is 0.579. The van der Waals surface area contributed by atoms with E-state index in [0.717, 1.165) is 25.8 Å². The number of hydrazine groups is 1. The number of carbonyl (C=O) groups is 2. The first-order chi connectivity index (χ1) is 12.6. The maximum absolute atomic E-state index is 13.7. The van der Waals surface area contributed by atoms with Crippen molar-refractivity contribution in [3.05, 3.63) is 35.6 Å². The predicted octanol–water partition coefficient (Wildman–Crippen LogP) is 1.03. The van der Waals surface area contributed by atoms with Crippen LogP contribution in [0.25, 0.3) is 0 Å².